The van der Waals surface area contributed by atoms with Gasteiger partial charge in [-0.25, -0.2) is 9.78 Å². The van der Waals surface area contributed by atoms with Crippen LogP contribution in [0.25, 0.3) is 0 Å². The Labute approximate surface area is 108 Å². The molecule has 1 aromatic rings. The zero-order chi connectivity index (χ0) is 12.4. The van der Waals surface area contributed by atoms with Gasteiger partial charge in [-0.05, 0) is 29.0 Å². The Morgan fingerprint density at radius 2 is 2.06 bits per heavy atom. The number of hydrogen-bond donors (Lipinski definition) is 1. The second kappa shape index (κ2) is 5.01. The average molecular weight is 300 g/mol. The lowest BCUT2D eigenvalue weighted by Crippen LogP contribution is -2.45. The lowest BCUT2D eigenvalue weighted by Gasteiger charge is -2.33. The molecule has 0 aromatic carbocycles. The van der Waals surface area contributed by atoms with Crippen molar-refractivity contribution in [2.24, 2.45) is 0 Å². The number of pyridine rings is 1. The second-order valence-corrected chi connectivity index (χ2v) is 5.04. The summed E-state index contributed by atoms with van der Waals surface area (Å²) in [5, 5.41) is 9.17. The van der Waals surface area contributed by atoms with E-state index in [1.165, 1.54) is 0 Å². The zero-order valence-electron chi connectivity index (χ0n) is 9.56. The van der Waals surface area contributed by atoms with Crippen LogP contribution in [-0.2, 0) is 0 Å². The molecular weight excluding hydrogens is 286 g/mol. The number of aromatic carboxylic acids is 1. The Kier molecular flexibility index (Phi) is 3.63. The molecule has 1 aromatic heterocycles. The third-order valence-corrected chi connectivity index (χ3v) is 3.30. The number of carbonyl (C=O) groups is 1. The van der Waals surface area contributed by atoms with Gasteiger partial charge in [0.15, 0.2) is 0 Å². The number of nitrogens with zero attached hydrogens (tertiary/aromatic N) is 3. The summed E-state index contributed by atoms with van der Waals surface area (Å²) in [6.07, 6.45) is 1.64. The molecule has 1 aliphatic rings. The highest BCUT2D eigenvalue weighted by molar-refractivity contribution is 9.10. The van der Waals surface area contributed by atoms with Crippen LogP contribution in [0.15, 0.2) is 16.7 Å². The molecule has 1 fully saturated rings. The third kappa shape index (κ3) is 2.76. The van der Waals surface area contributed by atoms with E-state index in [0.717, 1.165) is 26.2 Å². The Bertz CT molecular complexity index is 431. The largest absolute Gasteiger partial charge is 0.478 e. The number of carboxylic acid groups (broad SMARTS) is 1. The summed E-state index contributed by atoms with van der Waals surface area (Å²) < 4.78 is 0.688. The van der Waals surface area contributed by atoms with Crippen LogP contribution in [0.2, 0.25) is 0 Å². The van der Waals surface area contributed by atoms with Crippen molar-refractivity contribution in [3.05, 3.63) is 22.3 Å². The van der Waals surface area contributed by atoms with Crippen LogP contribution in [-0.4, -0.2) is 54.2 Å². The van der Waals surface area contributed by atoms with E-state index in [9.17, 15) is 9.90 Å². The minimum absolute atomic E-state index is 0.254. The summed E-state index contributed by atoms with van der Waals surface area (Å²) in [7, 11) is 2.06. The molecule has 0 radical (unpaired) electrons. The maximum atomic E-state index is 11.2. The average Bonchev–Trinajstić information content (AvgIpc) is 2.30. The maximum Gasteiger partial charge on any atom is 0.339 e. The van der Waals surface area contributed by atoms with Crippen LogP contribution in [0.1, 0.15) is 10.4 Å². The van der Waals surface area contributed by atoms with Crippen molar-refractivity contribution in [1.29, 1.82) is 0 Å². The van der Waals surface area contributed by atoms with E-state index < -0.39 is 5.97 Å². The summed E-state index contributed by atoms with van der Waals surface area (Å²) in [5.74, 6) is -0.374. The van der Waals surface area contributed by atoms with E-state index in [-0.39, 0.29) is 5.56 Å². The van der Waals surface area contributed by atoms with Gasteiger partial charge in [0.25, 0.3) is 0 Å². The number of piperazine rings is 1. The van der Waals surface area contributed by atoms with Gasteiger partial charge in [0.1, 0.15) is 11.4 Å². The monoisotopic (exact) mass is 299 g/mol. The van der Waals surface area contributed by atoms with E-state index in [0.29, 0.717) is 10.3 Å². The van der Waals surface area contributed by atoms with Gasteiger partial charge in [-0.3, -0.25) is 0 Å². The summed E-state index contributed by atoms with van der Waals surface area (Å²) >= 11 is 3.25. The normalized spacial score (nSPS) is 17.2. The number of aromatic nitrogens is 1. The fraction of sp³-hybridized carbons (Fsp3) is 0.455. The fourth-order valence-electron chi connectivity index (χ4n) is 1.86. The van der Waals surface area contributed by atoms with Crippen LogP contribution in [0, 0.1) is 0 Å². The van der Waals surface area contributed by atoms with Crippen molar-refractivity contribution in [3.63, 3.8) is 0 Å². The van der Waals surface area contributed by atoms with Gasteiger partial charge in [0.2, 0.25) is 0 Å². The van der Waals surface area contributed by atoms with Gasteiger partial charge < -0.3 is 14.9 Å². The minimum Gasteiger partial charge on any atom is -0.478 e. The number of carboxylic acids is 1. The van der Waals surface area contributed by atoms with Gasteiger partial charge in [0, 0.05) is 36.8 Å². The van der Waals surface area contributed by atoms with E-state index in [1.807, 2.05) is 4.90 Å². The molecule has 1 aliphatic heterocycles. The van der Waals surface area contributed by atoms with Crippen molar-refractivity contribution < 1.29 is 9.90 Å². The van der Waals surface area contributed by atoms with Crippen LogP contribution in [0.3, 0.4) is 0 Å². The standard InChI is InChI=1S/C11H14BrN3O2/c1-14-2-4-15(5-3-14)10-9(11(16)17)6-8(12)7-13-10/h6-7H,2-5H2,1H3,(H,16,17). The molecule has 2 rings (SSSR count). The second-order valence-electron chi connectivity index (χ2n) is 4.12. The van der Waals surface area contributed by atoms with Crippen LogP contribution >= 0.6 is 15.9 Å². The van der Waals surface area contributed by atoms with Crippen LogP contribution in [0.5, 0.6) is 0 Å². The number of halogens is 1. The third-order valence-electron chi connectivity index (χ3n) is 2.87. The Balaban J connectivity index is 2.28. The van der Waals surface area contributed by atoms with Crippen molar-refractivity contribution in [2.45, 2.75) is 0 Å². The van der Waals surface area contributed by atoms with Gasteiger partial charge in [0.05, 0.1) is 0 Å². The molecule has 0 saturated carbocycles. The van der Waals surface area contributed by atoms with Crippen molar-refractivity contribution in [1.82, 2.24) is 9.88 Å². The summed E-state index contributed by atoms with van der Waals surface area (Å²) in [6.45, 7) is 3.48. The highest BCUT2D eigenvalue weighted by Gasteiger charge is 2.21. The molecule has 0 aliphatic carbocycles. The van der Waals surface area contributed by atoms with Gasteiger partial charge in [-0.2, -0.15) is 0 Å². The highest BCUT2D eigenvalue weighted by Crippen LogP contribution is 2.22. The Morgan fingerprint density at radius 1 is 1.41 bits per heavy atom. The molecule has 0 spiro atoms. The van der Waals surface area contributed by atoms with E-state index in [1.54, 1.807) is 12.3 Å². The number of hydrogen-bond acceptors (Lipinski definition) is 4. The molecular formula is C11H14BrN3O2. The lowest BCUT2D eigenvalue weighted by molar-refractivity contribution is 0.0697. The predicted molar refractivity (Wildman–Crippen MR) is 68.6 cm³/mol. The summed E-state index contributed by atoms with van der Waals surface area (Å²) in [5.41, 5.74) is 0.254. The van der Waals surface area contributed by atoms with Crippen molar-refractivity contribution >= 4 is 27.7 Å². The Morgan fingerprint density at radius 3 is 2.65 bits per heavy atom. The quantitative estimate of drug-likeness (QED) is 0.892. The molecule has 92 valence electrons. The molecule has 0 amide bonds. The molecule has 0 atom stereocenters. The van der Waals surface area contributed by atoms with Crippen LogP contribution in [0.4, 0.5) is 5.82 Å². The Hall–Kier alpha value is -1.14. The predicted octanol–water partition coefficient (Wildman–Crippen LogP) is 1.29. The maximum absolute atomic E-state index is 11.2. The molecule has 1 saturated heterocycles. The van der Waals surface area contributed by atoms with Gasteiger partial charge >= 0.3 is 5.97 Å². The molecule has 2 heterocycles. The van der Waals surface area contributed by atoms with E-state index >= 15 is 0 Å². The van der Waals surface area contributed by atoms with Crippen molar-refractivity contribution in [3.8, 4) is 0 Å². The molecule has 6 heteroatoms. The fourth-order valence-corrected chi connectivity index (χ4v) is 2.19. The lowest BCUT2D eigenvalue weighted by atomic mass is 10.2. The zero-order valence-corrected chi connectivity index (χ0v) is 11.1. The first-order valence-electron chi connectivity index (χ1n) is 5.40. The number of likely N-dealkylation sites (N-methyl/N-ethyl adjacent to an activating group) is 1. The van der Waals surface area contributed by atoms with Crippen LogP contribution < -0.4 is 4.90 Å². The molecule has 0 bridgehead atoms. The molecule has 1 N–H and O–H groups in total. The smallest absolute Gasteiger partial charge is 0.339 e. The van der Waals surface area contributed by atoms with E-state index in [2.05, 4.69) is 32.9 Å². The van der Waals surface area contributed by atoms with Crippen molar-refractivity contribution in [2.75, 3.05) is 38.1 Å². The number of anilines is 1. The first-order valence-corrected chi connectivity index (χ1v) is 6.19. The molecule has 0 unspecified atom stereocenters. The molecule has 17 heavy (non-hydrogen) atoms. The first-order chi connectivity index (χ1) is 8.08. The summed E-state index contributed by atoms with van der Waals surface area (Å²) in [4.78, 5) is 19.7. The summed E-state index contributed by atoms with van der Waals surface area (Å²) in [6, 6.07) is 1.60. The highest BCUT2D eigenvalue weighted by atomic mass is 79.9. The SMILES string of the molecule is CN1CCN(c2ncc(Br)cc2C(=O)O)CC1. The first kappa shape index (κ1) is 12.3. The van der Waals surface area contributed by atoms with E-state index in [4.69, 9.17) is 0 Å². The van der Waals surface area contributed by atoms with Gasteiger partial charge in [-0.1, -0.05) is 0 Å². The van der Waals surface area contributed by atoms with Gasteiger partial charge in [-0.15, -0.1) is 0 Å². The molecule has 5 nitrogen and oxygen atoms in total. The topological polar surface area (TPSA) is 56.7 Å². The number of rotatable bonds is 2. The minimum atomic E-state index is -0.937.